The van der Waals surface area contributed by atoms with Gasteiger partial charge in [0.2, 0.25) is 0 Å². The summed E-state index contributed by atoms with van der Waals surface area (Å²) in [6.45, 7) is 1.40. The second-order valence-electron chi connectivity index (χ2n) is 7.97. The van der Waals surface area contributed by atoms with Gasteiger partial charge in [0, 0.05) is 13.0 Å². The van der Waals surface area contributed by atoms with E-state index in [-0.39, 0.29) is 0 Å². The summed E-state index contributed by atoms with van der Waals surface area (Å²) < 4.78 is 2.14. The van der Waals surface area contributed by atoms with Gasteiger partial charge < -0.3 is 15.2 Å². The van der Waals surface area contributed by atoms with Gasteiger partial charge in [0.25, 0.3) is 0 Å². The summed E-state index contributed by atoms with van der Waals surface area (Å²) >= 11 is 0. The summed E-state index contributed by atoms with van der Waals surface area (Å²) in [5.41, 5.74) is 10.6. The van der Waals surface area contributed by atoms with Crippen molar-refractivity contribution in [2.45, 2.75) is 25.2 Å². The Kier molecular flexibility index (Phi) is 5.10. The molecule has 2 heterocycles. The first-order valence-corrected chi connectivity index (χ1v) is 10.5. The van der Waals surface area contributed by atoms with Crippen molar-refractivity contribution >= 4 is 12.2 Å². The maximum atomic E-state index is 6.97. The number of aliphatic imine (C=N–C) groups is 1. The van der Waals surface area contributed by atoms with Crippen LogP contribution in [0.15, 0.2) is 102 Å². The third-order valence-corrected chi connectivity index (χ3v) is 5.64. The molecule has 0 amide bonds. The number of anilines is 1. The van der Waals surface area contributed by atoms with Crippen LogP contribution >= 0.6 is 0 Å². The molecule has 5 heteroatoms. The number of hydrogen-bond donors (Lipinski definition) is 1. The van der Waals surface area contributed by atoms with E-state index in [1.165, 1.54) is 11.1 Å². The molecule has 1 aromatic heterocycles. The normalized spacial score (nSPS) is 17.5. The topological polar surface area (TPSA) is 59.4 Å². The van der Waals surface area contributed by atoms with E-state index in [0.29, 0.717) is 19.5 Å². The Labute approximate surface area is 182 Å². The number of hydrogen-bond acceptors (Lipinski definition) is 4. The first-order valence-electron chi connectivity index (χ1n) is 10.5. The quantitative estimate of drug-likeness (QED) is 0.517. The Balaban J connectivity index is 1.54. The van der Waals surface area contributed by atoms with Crippen molar-refractivity contribution in [2.75, 3.05) is 4.90 Å². The highest BCUT2D eigenvalue weighted by atomic mass is 15.3. The minimum atomic E-state index is -0.880. The van der Waals surface area contributed by atoms with Crippen LogP contribution < -0.4 is 10.6 Å². The highest BCUT2D eigenvalue weighted by Gasteiger charge is 2.38. The molecule has 0 saturated carbocycles. The number of fused-ring (bicyclic) bond motifs is 1. The van der Waals surface area contributed by atoms with Crippen LogP contribution in [0, 0.1) is 0 Å². The van der Waals surface area contributed by atoms with E-state index in [9.17, 15) is 0 Å². The summed E-state index contributed by atoms with van der Waals surface area (Å²) in [6.07, 6.45) is 4.34. The lowest BCUT2D eigenvalue weighted by atomic mass is 9.95. The SMILES string of the molecule is NC1(Cc2ccccc2)N=CN(Cc2ccccc2)c2ncn(Cc3ccccc3)c21. The molecule has 0 bridgehead atoms. The molecule has 4 aromatic rings. The van der Waals surface area contributed by atoms with Gasteiger partial charge in [-0.3, -0.25) is 0 Å². The molecule has 0 aliphatic carbocycles. The minimum absolute atomic E-state index is 0.608. The van der Waals surface area contributed by atoms with Crippen molar-refractivity contribution in [1.29, 1.82) is 0 Å². The van der Waals surface area contributed by atoms with E-state index in [1.807, 2.05) is 55.1 Å². The number of nitrogens with zero attached hydrogens (tertiary/aromatic N) is 4. The van der Waals surface area contributed by atoms with E-state index in [1.54, 1.807) is 0 Å². The number of imidazole rings is 1. The number of rotatable bonds is 6. The molecule has 0 saturated heterocycles. The zero-order chi connectivity index (χ0) is 21.1. The van der Waals surface area contributed by atoms with Crippen LogP contribution in [0.4, 0.5) is 5.82 Å². The van der Waals surface area contributed by atoms with Gasteiger partial charge in [-0.15, -0.1) is 0 Å². The third-order valence-electron chi connectivity index (χ3n) is 5.64. The van der Waals surface area contributed by atoms with Crippen LogP contribution in [0.3, 0.4) is 0 Å². The summed E-state index contributed by atoms with van der Waals surface area (Å²) in [6, 6.07) is 31.0. The van der Waals surface area contributed by atoms with Gasteiger partial charge in [-0.1, -0.05) is 91.0 Å². The zero-order valence-corrected chi connectivity index (χ0v) is 17.3. The van der Waals surface area contributed by atoms with Gasteiger partial charge in [-0.25, -0.2) is 9.98 Å². The fourth-order valence-corrected chi connectivity index (χ4v) is 4.14. The molecule has 0 spiro atoms. The second kappa shape index (κ2) is 8.20. The van der Waals surface area contributed by atoms with Crippen LogP contribution in [-0.2, 0) is 25.2 Å². The van der Waals surface area contributed by atoms with E-state index >= 15 is 0 Å². The molecule has 2 N–H and O–H groups in total. The van der Waals surface area contributed by atoms with Crippen molar-refractivity contribution < 1.29 is 0 Å². The van der Waals surface area contributed by atoms with Gasteiger partial charge in [0.1, 0.15) is 5.69 Å². The Morgan fingerprint density at radius 2 is 1.26 bits per heavy atom. The molecular weight excluding hydrogens is 382 g/mol. The van der Waals surface area contributed by atoms with Crippen molar-refractivity contribution in [1.82, 2.24) is 9.55 Å². The number of aromatic nitrogens is 2. The van der Waals surface area contributed by atoms with Crippen molar-refractivity contribution in [3.05, 3.63) is 120 Å². The van der Waals surface area contributed by atoms with E-state index < -0.39 is 5.66 Å². The number of nitrogens with two attached hydrogens (primary N) is 1. The summed E-state index contributed by atoms with van der Waals surface area (Å²) in [5.74, 6) is 0.869. The molecule has 5 nitrogen and oxygen atoms in total. The van der Waals surface area contributed by atoms with Crippen LogP contribution in [0.25, 0.3) is 0 Å². The molecule has 5 rings (SSSR count). The largest absolute Gasteiger partial charge is 0.325 e. The standard InChI is InChI=1S/C26H25N5/c27-26(16-21-10-4-1-5-11-21)24-25(28-19-30(24)17-22-12-6-2-7-13-22)31(20-29-26)18-23-14-8-3-9-15-23/h1-15,19-20H,16-18,27H2. The molecule has 0 radical (unpaired) electrons. The first kappa shape index (κ1) is 19.3. The molecule has 1 aliphatic rings. The van der Waals surface area contributed by atoms with E-state index in [2.05, 4.69) is 58.0 Å². The van der Waals surface area contributed by atoms with E-state index in [0.717, 1.165) is 17.1 Å². The lowest BCUT2D eigenvalue weighted by molar-refractivity contribution is 0.427. The monoisotopic (exact) mass is 407 g/mol. The maximum absolute atomic E-state index is 6.97. The fourth-order valence-electron chi connectivity index (χ4n) is 4.14. The average Bonchev–Trinajstić information content (AvgIpc) is 3.23. The maximum Gasteiger partial charge on any atom is 0.159 e. The summed E-state index contributed by atoms with van der Waals surface area (Å²) in [5, 5.41) is 0. The lowest BCUT2D eigenvalue weighted by Crippen LogP contribution is -2.44. The minimum Gasteiger partial charge on any atom is -0.325 e. The molecule has 154 valence electrons. The summed E-state index contributed by atoms with van der Waals surface area (Å²) in [7, 11) is 0. The van der Waals surface area contributed by atoms with Gasteiger partial charge in [0.05, 0.1) is 19.2 Å². The van der Waals surface area contributed by atoms with Crippen molar-refractivity contribution in [3.8, 4) is 0 Å². The first-order chi connectivity index (χ1) is 15.2. The second-order valence-corrected chi connectivity index (χ2v) is 7.97. The Morgan fingerprint density at radius 3 is 1.87 bits per heavy atom. The molecular formula is C26H25N5. The molecule has 1 atom stereocenters. The predicted molar refractivity (Wildman–Crippen MR) is 125 cm³/mol. The third kappa shape index (κ3) is 4.00. The summed E-state index contributed by atoms with van der Waals surface area (Å²) in [4.78, 5) is 11.7. The fraction of sp³-hybridized carbons (Fsp3) is 0.154. The molecule has 1 unspecified atom stereocenters. The molecule has 1 aliphatic heterocycles. The average molecular weight is 408 g/mol. The zero-order valence-electron chi connectivity index (χ0n) is 17.3. The van der Waals surface area contributed by atoms with Gasteiger partial charge in [0.15, 0.2) is 11.5 Å². The van der Waals surface area contributed by atoms with Crippen LogP contribution in [-0.4, -0.2) is 15.9 Å². The van der Waals surface area contributed by atoms with Gasteiger partial charge in [-0.05, 0) is 16.7 Å². The number of benzene rings is 3. The Hall–Kier alpha value is -3.70. The molecule has 31 heavy (non-hydrogen) atoms. The van der Waals surface area contributed by atoms with E-state index in [4.69, 9.17) is 15.7 Å². The van der Waals surface area contributed by atoms with Gasteiger partial charge in [-0.2, -0.15) is 0 Å². The smallest absolute Gasteiger partial charge is 0.159 e. The van der Waals surface area contributed by atoms with Crippen molar-refractivity contribution in [2.24, 2.45) is 10.7 Å². The highest BCUT2D eigenvalue weighted by Crippen LogP contribution is 2.36. The molecule has 3 aromatic carbocycles. The highest BCUT2D eigenvalue weighted by molar-refractivity contribution is 5.82. The molecule has 0 fully saturated rings. The van der Waals surface area contributed by atoms with Crippen LogP contribution in [0.1, 0.15) is 22.4 Å². The van der Waals surface area contributed by atoms with Gasteiger partial charge >= 0.3 is 0 Å². The predicted octanol–water partition coefficient (Wildman–Crippen LogP) is 4.33. The van der Waals surface area contributed by atoms with Crippen LogP contribution in [0.2, 0.25) is 0 Å². The Bertz CT molecular complexity index is 1170. The Morgan fingerprint density at radius 1 is 0.710 bits per heavy atom. The van der Waals surface area contributed by atoms with Crippen LogP contribution in [0.5, 0.6) is 0 Å². The lowest BCUT2D eigenvalue weighted by Gasteiger charge is -2.34. The van der Waals surface area contributed by atoms with Crippen molar-refractivity contribution in [3.63, 3.8) is 0 Å².